The third kappa shape index (κ3) is 5.06. The standard InChI is InChI=1S/C13H19BrO3/c1-4-15-13(16-5-2)9-17-12-7-6-11(14)8-10(12)3/h6-8,13H,4-5,9H2,1-3H3. The van der Waals surface area contributed by atoms with Gasteiger partial charge in [0.25, 0.3) is 0 Å². The second-order valence-electron chi connectivity index (χ2n) is 3.56. The highest BCUT2D eigenvalue weighted by molar-refractivity contribution is 9.10. The minimum absolute atomic E-state index is 0.298. The van der Waals surface area contributed by atoms with Gasteiger partial charge in [-0.15, -0.1) is 0 Å². The first-order valence-electron chi connectivity index (χ1n) is 5.79. The molecule has 0 aliphatic heterocycles. The van der Waals surface area contributed by atoms with E-state index in [4.69, 9.17) is 14.2 Å². The van der Waals surface area contributed by atoms with Crippen LogP contribution in [0.4, 0.5) is 0 Å². The van der Waals surface area contributed by atoms with E-state index in [0.29, 0.717) is 19.8 Å². The third-order valence-corrected chi connectivity index (χ3v) is 2.71. The van der Waals surface area contributed by atoms with E-state index in [0.717, 1.165) is 15.8 Å². The van der Waals surface area contributed by atoms with Crippen LogP contribution in [0.15, 0.2) is 22.7 Å². The van der Waals surface area contributed by atoms with E-state index >= 15 is 0 Å². The minimum atomic E-state index is -0.298. The summed E-state index contributed by atoms with van der Waals surface area (Å²) in [5, 5.41) is 0. The lowest BCUT2D eigenvalue weighted by atomic mass is 10.2. The van der Waals surface area contributed by atoms with Gasteiger partial charge in [0.1, 0.15) is 12.4 Å². The van der Waals surface area contributed by atoms with Crippen LogP contribution in [-0.2, 0) is 9.47 Å². The quantitative estimate of drug-likeness (QED) is 0.721. The first-order valence-corrected chi connectivity index (χ1v) is 6.58. The number of ether oxygens (including phenoxy) is 3. The highest BCUT2D eigenvalue weighted by Crippen LogP contribution is 2.22. The van der Waals surface area contributed by atoms with Gasteiger partial charge in [0, 0.05) is 17.7 Å². The topological polar surface area (TPSA) is 27.7 Å². The molecule has 1 rings (SSSR count). The van der Waals surface area contributed by atoms with Crippen LogP contribution < -0.4 is 4.74 Å². The van der Waals surface area contributed by atoms with E-state index in [1.165, 1.54) is 0 Å². The number of benzene rings is 1. The van der Waals surface area contributed by atoms with Gasteiger partial charge in [-0.3, -0.25) is 0 Å². The molecule has 17 heavy (non-hydrogen) atoms. The molecule has 0 aliphatic rings. The highest BCUT2D eigenvalue weighted by atomic mass is 79.9. The summed E-state index contributed by atoms with van der Waals surface area (Å²) in [7, 11) is 0. The Labute approximate surface area is 111 Å². The van der Waals surface area contributed by atoms with Gasteiger partial charge in [-0.05, 0) is 44.5 Å². The van der Waals surface area contributed by atoms with Crippen molar-refractivity contribution < 1.29 is 14.2 Å². The van der Waals surface area contributed by atoms with Crippen molar-refractivity contribution in [2.24, 2.45) is 0 Å². The van der Waals surface area contributed by atoms with Crippen molar-refractivity contribution in [3.63, 3.8) is 0 Å². The van der Waals surface area contributed by atoms with Crippen LogP contribution >= 0.6 is 15.9 Å². The first kappa shape index (κ1) is 14.5. The fourth-order valence-electron chi connectivity index (χ4n) is 1.45. The summed E-state index contributed by atoms with van der Waals surface area (Å²) in [5.41, 5.74) is 1.09. The number of rotatable bonds is 7. The Kier molecular flexibility index (Phi) is 6.55. The van der Waals surface area contributed by atoms with Crippen molar-refractivity contribution in [2.75, 3.05) is 19.8 Å². The van der Waals surface area contributed by atoms with Crippen LogP contribution in [-0.4, -0.2) is 26.1 Å². The molecule has 0 atom stereocenters. The maximum atomic E-state index is 5.69. The average molecular weight is 303 g/mol. The fourth-order valence-corrected chi connectivity index (χ4v) is 1.92. The monoisotopic (exact) mass is 302 g/mol. The minimum Gasteiger partial charge on any atom is -0.488 e. The van der Waals surface area contributed by atoms with Gasteiger partial charge >= 0.3 is 0 Å². The Hall–Kier alpha value is -0.580. The lowest BCUT2D eigenvalue weighted by Crippen LogP contribution is -2.25. The van der Waals surface area contributed by atoms with Gasteiger partial charge in [-0.1, -0.05) is 15.9 Å². The molecule has 0 bridgehead atoms. The molecule has 0 saturated heterocycles. The molecular formula is C13H19BrO3. The van der Waals surface area contributed by atoms with Crippen LogP contribution in [0.5, 0.6) is 5.75 Å². The number of hydrogen-bond donors (Lipinski definition) is 0. The SMILES string of the molecule is CCOC(COc1ccc(Br)cc1C)OCC. The molecule has 0 fully saturated rings. The Balaban J connectivity index is 2.52. The fraction of sp³-hybridized carbons (Fsp3) is 0.538. The largest absolute Gasteiger partial charge is 0.488 e. The summed E-state index contributed by atoms with van der Waals surface area (Å²) in [5.74, 6) is 0.859. The molecule has 0 aromatic heterocycles. The molecular weight excluding hydrogens is 284 g/mol. The molecule has 0 heterocycles. The van der Waals surface area contributed by atoms with Crippen molar-refractivity contribution in [1.82, 2.24) is 0 Å². The number of aryl methyl sites for hydroxylation is 1. The Morgan fingerprint density at radius 1 is 1.18 bits per heavy atom. The molecule has 1 aromatic carbocycles. The molecule has 0 spiro atoms. The van der Waals surface area contributed by atoms with Gasteiger partial charge in [-0.2, -0.15) is 0 Å². The first-order chi connectivity index (χ1) is 8.17. The summed E-state index contributed by atoms with van der Waals surface area (Å²) >= 11 is 3.42. The molecule has 3 nitrogen and oxygen atoms in total. The van der Waals surface area contributed by atoms with Crippen LogP contribution in [0.2, 0.25) is 0 Å². The molecule has 0 radical (unpaired) electrons. The predicted octanol–water partition coefficient (Wildman–Crippen LogP) is 3.54. The van der Waals surface area contributed by atoms with Gasteiger partial charge in [0.2, 0.25) is 0 Å². The molecule has 0 unspecified atom stereocenters. The zero-order valence-electron chi connectivity index (χ0n) is 10.5. The number of halogens is 1. The summed E-state index contributed by atoms with van der Waals surface area (Å²) in [6.07, 6.45) is -0.298. The normalized spacial score (nSPS) is 10.9. The van der Waals surface area contributed by atoms with Crippen molar-refractivity contribution in [2.45, 2.75) is 27.1 Å². The zero-order valence-corrected chi connectivity index (χ0v) is 12.1. The van der Waals surface area contributed by atoms with Gasteiger partial charge < -0.3 is 14.2 Å². The predicted molar refractivity (Wildman–Crippen MR) is 71.4 cm³/mol. The molecule has 0 amide bonds. The lowest BCUT2D eigenvalue weighted by Gasteiger charge is -2.18. The van der Waals surface area contributed by atoms with Crippen molar-refractivity contribution >= 4 is 15.9 Å². The van der Waals surface area contributed by atoms with E-state index in [-0.39, 0.29) is 6.29 Å². The Bertz CT molecular complexity index is 335. The van der Waals surface area contributed by atoms with E-state index in [9.17, 15) is 0 Å². The van der Waals surface area contributed by atoms with Crippen LogP contribution in [0.25, 0.3) is 0 Å². The van der Waals surface area contributed by atoms with E-state index in [1.54, 1.807) is 0 Å². The molecule has 96 valence electrons. The Morgan fingerprint density at radius 2 is 1.82 bits per heavy atom. The van der Waals surface area contributed by atoms with Crippen molar-refractivity contribution in [3.05, 3.63) is 28.2 Å². The molecule has 0 N–H and O–H groups in total. The van der Waals surface area contributed by atoms with E-state index in [2.05, 4.69) is 15.9 Å². The van der Waals surface area contributed by atoms with Crippen molar-refractivity contribution in [3.8, 4) is 5.75 Å². The highest BCUT2D eigenvalue weighted by Gasteiger charge is 2.09. The lowest BCUT2D eigenvalue weighted by molar-refractivity contribution is -0.152. The summed E-state index contributed by atoms with van der Waals surface area (Å²) in [6, 6.07) is 5.92. The van der Waals surface area contributed by atoms with Gasteiger partial charge in [0.15, 0.2) is 6.29 Å². The Morgan fingerprint density at radius 3 is 2.35 bits per heavy atom. The maximum absolute atomic E-state index is 5.69. The number of hydrogen-bond acceptors (Lipinski definition) is 3. The van der Waals surface area contributed by atoms with E-state index in [1.807, 2.05) is 39.0 Å². The second-order valence-corrected chi connectivity index (χ2v) is 4.48. The van der Waals surface area contributed by atoms with Gasteiger partial charge in [0.05, 0.1) is 0 Å². The maximum Gasteiger partial charge on any atom is 0.191 e. The average Bonchev–Trinajstić information content (AvgIpc) is 2.28. The van der Waals surface area contributed by atoms with Crippen LogP contribution in [0.1, 0.15) is 19.4 Å². The summed E-state index contributed by atoms with van der Waals surface area (Å²) in [4.78, 5) is 0. The summed E-state index contributed by atoms with van der Waals surface area (Å²) in [6.45, 7) is 7.54. The van der Waals surface area contributed by atoms with Crippen molar-refractivity contribution in [1.29, 1.82) is 0 Å². The molecule has 0 aliphatic carbocycles. The van der Waals surface area contributed by atoms with Gasteiger partial charge in [-0.25, -0.2) is 0 Å². The smallest absolute Gasteiger partial charge is 0.191 e. The molecule has 0 saturated carbocycles. The molecule has 4 heteroatoms. The zero-order chi connectivity index (χ0) is 12.7. The summed E-state index contributed by atoms with van der Waals surface area (Å²) < 4.78 is 17.6. The third-order valence-electron chi connectivity index (χ3n) is 2.22. The van der Waals surface area contributed by atoms with Crippen LogP contribution in [0, 0.1) is 6.92 Å². The molecule has 1 aromatic rings. The van der Waals surface area contributed by atoms with Crippen LogP contribution in [0.3, 0.4) is 0 Å². The second kappa shape index (κ2) is 7.69. The van der Waals surface area contributed by atoms with E-state index < -0.39 is 0 Å².